The molecule has 1 atom stereocenters. The van der Waals surface area contributed by atoms with Crippen molar-refractivity contribution >= 4 is 33.8 Å². The first kappa shape index (κ1) is 19.8. The van der Waals surface area contributed by atoms with Gasteiger partial charge in [-0.2, -0.15) is 0 Å². The molecule has 0 N–H and O–H groups in total. The molecule has 2 aliphatic heterocycles. The molecule has 5 aromatic rings. The van der Waals surface area contributed by atoms with Gasteiger partial charge in [0.25, 0.3) is 0 Å². The van der Waals surface area contributed by atoms with Crippen molar-refractivity contribution in [1.29, 1.82) is 0 Å². The third-order valence-electron chi connectivity index (χ3n) is 6.54. The van der Waals surface area contributed by atoms with Crippen LogP contribution in [0.4, 0.5) is 0 Å². The number of para-hydroxylation sites is 1. The number of hydrogen-bond acceptors (Lipinski definition) is 3. The molecular weight excluding hydrogens is 455 g/mol. The van der Waals surface area contributed by atoms with Crippen molar-refractivity contribution < 1.29 is 9.47 Å². The third kappa shape index (κ3) is 2.78. The van der Waals surface area contributed by atoms with Crippen LogP contribution in [0, 0.1) is 0 Å². The summed E-state index contributed by atoms with van der Waals surface area (Å²) < 4.78 is 13.1. The summed E-state index contributed by atoms with van der Waals surface area (Å²) in [5, 5.41) is 3.18. The average molecular weight is 475 g/mol. The van der Waals surface area contributed by atoms with E-state index >= 15 is 0 Å². The first-order chi connectivity index (χ1) is 16.7. The molecule has 0 aromatic heterocycles. The summed E-state index contributed by atoms with van der Waals surface area (Å²) in [6.45, 7) is 0. The lowest BCUT2D eigenvalue weighted by molar-refractivity contribution is 0.467. The molecule has 0 aliphatic carbocycles. The molecule has 5 aromatic carbocycles. The Morgan fingerprint density at radius 3 is 1.94 bits per heavy atom. The Balaban J connectivity index is 1.55. The second-order valence-corrected chi connectivity index (χ2v) is 12.8. The van der Waals surface area contributed by atoms with Crippen LogP contribution in [0.25, 0.3) is 22.3 Å². The van der Waals surface area contributed by atoms with Crippen molar-refractivity contribution in [3.63, 3.8) is 0 Å². The molecule has 0 bridgehead atoms. The first-order valence-electron chi connectivity index (χ1n) is 11.2. The van der Waals surface area contributed by atoms with Crippen LogP contribution in [0.2, 0.25) is 0 Å². The maximum absolute atomic E-state index is 6.73. The standard InChI is InChI=1S/C30H19O2PS/c34-33-27-14-8-7-13-24(27)31-26-18-16-23(21-11-5-2-6-12-21)29(30(26)33)32-25-17-15-22(19-28(25)33)20-9-3-1-4-10-20/h1-19H. The normalized spacial score (nSPS) is 16.9. The van der Waals surface area contributed by atoms with Crippen molar-refractivity contribution in [2.75, 3.05) is 0 Å². The minimum absolute atomic E-state index is 0.799. The average Bonchev–Trinajstić information content (AvgIpc) is 2.90. The molecule has 162 valence electrons. The zero-order valence-electron chi connectivity index (χ0n) is 18.1. The molecule has 0 amide bonds. The highest BCUT2D eigenvalue weighted by Gasteiger charge is 2.43. The fourth-order valence-corrected chi connectivity index (χ4v) is 9.45. The lowest BCUT2D eigenvalue weighted by Crippen LogP contribution is -2.35. The van der Waals surface area contributed by atoms with Gasteiger partial charge in [0.05, 0.1) is 11.3 Å². The minimum atomic E-state index is -2.43. The molecule has 4 heteroatoms. The van der Waals surface area contributed by atoms with Crippen LogP contribution in [0.15, 0.2) is 115 Å². The highest BCUT2D eigenvalue weighted by molar-refractivity contribution is 8.26. The van der Waals surface area contributed by atoms with E-state index in [0.717, 1.165) is 61.2 Å². The summed E-state index contributed by atoms with van der Waals surface area (Å²) in [5.74, 6) is 3.30. The Morgan fingerprint density at radius 1 is 0.500 bits per heavy atom. The smallest absolute Gasteiger partial charge is 0.148 e. The zero-order valence-corrected chi connectivity index (χ0v) is 19.9. The minimum Gasteiger partial charge on any atom is -0.456 e. The second-order valence-electron chi connectivity index (χ2n) is 8.48. The van der Waals surface area contributed by atoms with E-state index < -0.39 is 6.04 Å². The molecule has 0 fully saturated rings. The maximum Gasteiger partial charge on any atom is 0.148 e. The lowest BCUT2D eigenvalue weighted by atomic mass is 10.0. The van der Waals surface area contributed by atoms with E-state index in [4.69, 9.17) is 21.3 Å². The van der Waals surface area contributed by atoms with Crippen LogP contribution in [-0.2, 0) is 11.8 Å². The van der Waals surface area contributed by atoms with Gasteiger partial charge in [-0.3, -0.25) is 0 Å². The summed E-state index contributed by atoms with van der Waals surface area (Å²) in [6.07, 6.45) is 0. The number of benzene rings is 5. The molecule has 0 radical (unpaired) electrons. The Labute approximate surface area is 203 Å². The molecule has 0 saturated heterocycles. The highest BCUT2D eigenvalue weighted by Crippen LogP contribution is 2.60. The van der Waals surface area contributed by atoms with Crippen LogP contribution >= 0.6 is 6.04 Å². The Hall–Kier alpha value is -3.65. The van der Waals surface area contributed by atoms with Crippen molar-refractivity contribution in [1.82, 2.24) is 0 Å². The van der Waals surface area contributed by atoms with Crippen LogP contribution < -0.4 is 25.4 Å². The fraction of sp³-hybridized carbons (Fsp3) is 0. The quantitative estimate of drug-likeness (QED) is 0.252. The summed E-state index contributed by atoms with van der Waals surface area (Å²) in [6, 6.07) is 37.1. The van der Waals surface area contributed by atoms with E-state index in [1.807, 2.05) is 42.5 Å². The van der Waals surface area contributed by atoms with Gasteiger partial charge >= 0.3 is 0 Å². The van der Waals surface area contributed by atoms with Gasteiger partial charge in [-0.05, 0) is 53.1 Å². The van der Waals surface area contributed by atoms with Gasteiger partial charge in [0.1, 0.15) is 23.0 Å². The second kappa shape index (κ2) is 7.43. The summed E-state index contributed by atoms with van der Waals surface area (Å²) in [5.41, 5.74) is 4.44. The van der Waals surface area contributed by atoms with Crippen LogP contribution in [0.1, 0.15) is 0 Å². The van der Waals surface area contributed by atoms with E-state index in [-0.39, 0.29) is 0 Å². The van der Waals surface area contributed by atoms with E-state index in [1.54, 1.807) is 0 Å². The van der Waals surface area contributed by atoms with Crippen LogP contribution in [0.3, 0.4) is 0 Å². The Kier molecular flexibility index (Phi) is 4.32. The molecule has 2 aliphatic rings. The van der Waals surface area contributed by atoms with Gasteiger partial charge in [-0.15, -0.1) is 0 Å². The first-order valence-corrected chi connectivity index (χ1v) is 14.0. The predicted octanol–water partition coefficient (Wildman–Crippen LogP) is 6.99. The van der Waals surface area contributed by atoms with E-state index in [2.05, 4.69) is 72.8 Å². The molecular formula is C30H19O2PS. The van der Waals surface area contributed by atoms with Crippen molar-refractivity contribution in [2.45, 2.75) is 0 Å². The lowest BCUT2D eigenvalue weighted by Gasteiger charge is -2.38. The SMILES string of the molecule is S=P12c3ccccc3Oc3ccc(-c4ccccc4)c(c31)Oc1ccc(-c3ccccc3)cc12. The number of hydrogen-bond donors (Lipinski definition) is 0. The monoisotopic (exact) mass is 474 g/mol. The zero-order chi connectivity index (χ0) is 22.7. The molecule has 2 heterocycles. The molecule has 7 rings (SSSR count). The topological polar surface area (TPSA) is 18.5 Å². The van der Waals surface area contributed by atoms with Gasteiger partial charge in [0.2, 0.25) is 0 Å². The van der Waals surface area contributed by atoms with Crippen LogP contribution in [-0.4, -0.2) is 0 Å². The highest BCUT2D eigenvalue weighted by atomic mass is 32.4. The Morgan fingerprint density at radius 2 is 1.15 bits per heavy atom. The number of ether oxygens (including phenoxy) is 2. The van der Waals surface area contributed by atoms with Gasteiger partial charge in [0.15, 0.2) is 0 Å². The molecule has 0 spiro atoms. The molecule has 34 heavy (non-hydrogen) atoms. The van der Waals surface area contributed by atoms with Gasteiger partial charge in [0, 0.05) is 16.2 Å². The number of fused-ring (bicyclic) bond motifs is 4. The largest absolute Gasteiger partial charge is 0.456 e. The molecule has 2 nitrogen and oxygen atoms in total. The van der Waals surface area contributed by atoms with Crippen molar-refractivity contribution in [3.05, 3.63) is 115 Å². The van der Waals surface area contributed by atoms with Crippen molar-refractivity contribution in [3.8, 4) is 45.3 Å². The van der Waals surface area contributed by atoms with E-state index in [0.29, 0.717) is 0 Å². The van der Waals surface area contributed by atoms with E-state index in [9.17, 15) is 0 Å². The predicted molar refractivity (Wildman–Crippen MR) is 144 cm³/mol. The molecule has 0 saturated carbocycles. The van der Waals surface area contributed by atoms with Crippen molar-refractivity contribution in [2.24, 2.45) is 0 Å². The van der Waals surface area contributed by atoms with Gasteiger partial charge in [-0.25, -0.2) is 0 Å². The third-order valence-corrected chi connectivity index (χ3v) is 11.4. The van der Waals surface area contributed by atoms with E-state index in [1.165, 1.54) is 0 Å². The molecule has 1 unspecified atom stereocenters. The van der Waals surface area contributed by atoms with Gasteiger partial charge in [-0.1, -0.05) is 90.7 Å². The summed E-state index contributed by atoms with van der Waals surface area (Å²) in [4.78, 5) is 0. The summed E-state index contributed by atoms with van der Waals surface area (Å²) >= 11 is 6.73. The number of rotatable bonds is 2. The maximum atomic E-state index is 6.73. The fourth-order valence-electron chi connectivity index (χ4n) is 4.94. The van der Waals surface area contributed by atoms with Gasteiger partial charge < -0.3 is 9.47 Å². The summed E-state index contributed by atoms with van der Waals surface area (Å²) in [7, 11) is 0. The Bertz CT molecular complexity index is 1630. The van der Waals surface area contributed by atoms with Crippen LogP contribution in [0.5, 0.6) is 23.0 Å².